The summed E-state index contributed by atoms with van der Waals surface area (Å²) in [7, 11) is 0. The first-order valence-corrected chi connectivity index (χ1v) is 12.5. The van der Waals surface area contributed by atoms with Crippen molar-refractivity contribution in [3.05, 3.63) is 95.1 Å². The number of amides is 2. The minimum atomic E-state index is -0.351. The van der Waals surface area contributed by atoms with Gasteiger partial charge in [0.1, 0.15) is 11.5 Å². The maximum absolute atomic E-state index is 12.1. The summed E-state index contributed by atoms with van der Waals surface area (Å²) in [5.41, 5.74) is 8.60. The second-order valence-electron chi connectivity index (χ2n) is 9.22. The fourth-order valence-corrected chi connectivity index (χ4v) is 3.55. The zero-order valence-electron chi connectivity index (χ0n) is 22.2. The highest BCUT2D eigenvalue weighted by Crippen LogP contribution is 2.26. The fourth-order valence-electron chi connectivity index (χ4n) is 3.55. The van der Waals surface area contributed by atoms with Crippen LogP contribution >= 0.6 is 0 Å². The maximum Gasteiger partial charge on any atom is 0.277 e. The summed E-state index contributed by atoms with van der Waals surface area (Å²) in [6, 6.07) is 22.6. The smallest absolute Gasteiger partial charge is 0.277 e. The molecule has 8 heteroatoms. The van der Waals surface area contributed by atoms with Gasteiger partial charge in [-0.05, 0) is 46.2 Å². The third-order valence-corrected chi connectivity index (χ3v) is 5.54. The van der Waals surface area contributed by atoms with Crippen LogP contribution in [0.25, 0.3) is 0 Å². The molecule has 198 valence electrons. The van der Waals surface area contributed by atoms with Crippen molar-refractivity contribution in [3.63, 3.8) is 0 Å². The van der Waals surface area contributed by atoms with E-state index in [9.17, 15) is 9.59 Å². The van der Waals surface area contributed by atoms with E-state index in [0.29, 0.717) is 23.3 Å². The van der Waals surface area contributed by atoms with Crippen molar-refractivity contribution in [2.45, 2.75) is 39.5 Å². The van der Waals surface area contributed by atoms with Crippen molar-refractivity contribution >= 4 is 24.2 Å². The molecule has 0 bridgehead atoms. The summed E-state index contributed by atoms with van der Waals surface area (Å²) < 4.78 is 11.3. The van der Waals surface area contributed by atoms with Crippen molar-refractivity contribution in [3.8, 4) is 11.5 Å². The van der Waals surface area contributed by atoms with Crippen molar-refractivity contribution in [2.75, 3.05) is 13.2 Å². The molecule has 2 amide bonds. The molecule has 0 aliphatic rings. The summed E-state index contributed by atoms with van der Waals surface area (Å²) in [4.78, 5) is 24.2. The molecule has 0 atom stereocenters. The Morgan fingerprint density at radius 2 is 1.03 bits per heavy atom. The van der Waals surface area contributed by atoms with E-state index in [0.717, 1.165) is 22.3 Å². The predicted molar refractivity (Wildman–Crippen MR) is 150 cm³/mol. The van der Waals surface area contributed by atoms with Gasteiger partial charge in [-0.3, -0.25) is 9.59 Å². The molecular formula is C30H34N4O4. The minimum Gasteiger partial charge on any atom is -0.483 e. The molecule has 0 spiro atoms. The van der Waals surface area contributed by atoms with E-state index in [1.165, 1.54) is 12.4 Å². The van der Waals surface area contributed by atoms with Crippen LogP contribution in [0.15, 0.2) is 83.0 Å². The monoisotopic (exact) mass is 514 g/mol. The average molecular weight is 515 g/mol. The lowest BCUT2D eigenvalue weighted by Gasteiger charge is -2.13. The molecule has 3 aromatic carbocycles. The summed E-state index contributed by atoms with van der Waals surface area (Å²) in [5.74, 6) is 1.27. The average Bonchev–Trinajstić information content (AvgIpc) is 2.92. The van der Waals surface area contributed by atoms with Gasteiger partial charge in [0.15, 0.2) is 13.2 Å². The second kappa shape index (κ2) is 14.3. The quantitative estimate of drug-likeness (QED) is 0.263. The van der Waals surface area contributed by atoms with Gasteiger partial charge in [0.25, 0.3) is 11.8 Å². The van der Waals surface area contributed by atoms with Crippen LogP contribution in [0.2, 0.25) is 0 Å². The molecule has 3 rings (SSSR count). The molecule has 0 unspecified atom stereocenters. The zero-order chi connectivity index (χ0) is 27.3. The summed E-state index contributed by atoms with van der Waals surface area (Å²) >= 11 is 0. The number of hydrogen-bond acceptors (Lipinski definition) is 6. The van der Waals surface area contributed by atoms with Gasteiger partial charge in [-0.1, -0.05) is 88.4 Å². The standard InChI is InChI=1S/C30H34N4O4/c1-21(2)25-9-5-7-11-27(25)37-19-29(35)33-31-17-23-13-15-24(16-14-23)18-32-34-30(36)20-38-28-12-8-6-10-26(28)22(3)4/h5-18,21-22H,19-20H2,1-4H3,(H,33,35)(H,34,36). The topological polar surface area (TPSA) is 101 Å². The molecule has 0 radical (unpaired) electrons. The maximum atomic E-state index is 12.1. The number of hydrogen-bond donors (Lipinski definition) is 2. The Kier molecular flexibility index (Phi) is 10.6. The molecule has 0 saturated heterocycles. The van der Waals surface area contributed by atoms with E-state index in [4.69, 9.17) is 9.47 Å². The van der Waals surface area contributed by atoms with Gasteiger partial charge >= 0.3 is 0 Å². The van der Waals surface area contributed by atoms with Crippen molar-refractivity contribution < 1.29 is 19.1 Å². The van der Waals surface area contributed by atoms with E-state index < -0.39 is 0 Å². The molecule has 0 fully saturated rings. The Morgan fingerprint density at radius 3 is 1.39 bits per heavy atom. The Labute approximate surface area is 223 Å². The molecule has 3 aromatic rings. The van der Waals surface area contributed by atoms with E-state index in [-0.39, 0.29) is 25.0 Å². The number of hydrazone groups is 2. The third-order valence-electron chi connectivity index (χ3n) is 5.54. The number of ether oxygens (including phenoxy) is 2. The first-order chi connectivity index (χ1) is 18.3. The molecule has 0 aromatic heterocycles. The van der Waals surface area contributed by atoms with Crippen molar-refractivity contribution in [2.24, 2.45) is 10.2 Å². The van der Waals surface area contributed by atoms with E-state index >= 15 is 0 Å². The van der Waals surface area contributed by atoms with Gasteiger partial charge in [0.05, 0.1) is 12.4 Å². The molecule has 38 heavy (non-hydrogen) atoms. The Morgan fingerprint density at radius 1 is 0.658 bits per heavy atom. The number of carbonyl (C=O) groups excluding carboxylic acids is 2. The van der Waals surface area contributed by atoms with Crippen molar-refractivity contribution in [1.29, 1.82) is 0 Å². The predicted octanol–water partition coefficient (Wildman–Crippen LogP) is 4.99. The van der Waals surface area contributed by atoms with Crippen LogP contribution in [0.5, 0.6) is 11.5 Å². The summed E-state index contributed by atoms with van der Waals surface area (Å²) in [6.07, 6.45) is 3.07. The van der Waals surface area contributed by atoms with Gasteiger partial charge in [0, 0.05) is 0 Å². The lowest BCUT2D eigenvalue weighted by Crippen LogP contribution is -2.25. The second-order valence-corrected chi connectivity index (χ2v) is 9.22. The van der Waals surface area contributed by atoms with E-state index in [1.54, 1.807) is 0 Å². The van der Waals surface area contributed by atoms with Crippen LogP contribution in [0.4, 0.5) is 0 Å². The zero-order valence-corrected chi connectivity index (χ0v) is 22.2. The van der Waals surface area contributed by atoms with Crippen LogP contribution in [0.3, 0.4) is 0 Å². The highest BCUT2D eigenvalue weighted by Gasteiger charge is 2.10. The largest absolute Gasteiger partial charge is 0.483 e. The Bertz CT molecular complexity index is 1170. The first-order valence-electron chi connectivity index (χ1n) is 12.5. The third kappa shape index (κ3) is 8.89. The van der Waals surface area contributed by atoms with E-state index in [1.807, 2.05) is 72.8 Å². The Balaban J connectivity index is 1.40. The van der Waals surface area contributed by atoms with E-state index in [2.05, 4.69) is 48.7 Å². The highest BCUT2D eigenvalue weighted by atomic mass is 16.5. The SMILES string of the molecule is CC(C)c1ccccc1OCC(=O)NN=Cc1ccc(C=NNC(=O)COc2ccccc2C(C)C)cc1. The first kappa shape index (κ1) is 28.1. The van der Waals surface area contributed by atoms with Gasteiger partial charge in [0.2, 0.25) is 0 Å². The molecular weight excluding hydrogens is 480 g/mol. The number of para-hydroxylation sites is 2. The number of nitrogens with one attached hydrogen (secondary N) is 2. The molecule has 0 aliphatic carbocycles. The molecule has 0 heterocycles. The van der Waals surface area contributed by atoms with Crippen LogP contribution < -0.4 is 20.3 Å². The summed E-state index contributed by atoms with van der Waals surface area (Å²) in [5, 5.41) is 7.96. The number of rotatable bonds is 12. The number of benzene rings is 3. The molecule has 2 N–H and O–H groups in total. The van der Waals surface area contributed by atoms with Crippen LogP contribution in [0, 0.1) is 0 Å². The van der Waals surface area contributed by atoms with Gasteiger partial charge in [-0.25, -0.2) is 10.9 Å². The number of nitrogens with zero attached hydrogens (tertiary/aromatic N) is 2. The fraction of sp³-hybridized carbons (Fsp3) is 0.267. The minimum absolute atomic E-state index is 0.128. The molecule has 8 nitrogen and oxygen atoms in total. The summed E-state index contributed by atoms with van der Waals surface area (Å²) in [6.45, 7) is 8.04. The molecule has 0 aliphatic heterocycles. The molecule has 0 saturated carbocycles. The van der Waals surface area contributed by atoms with Crippen LogP contribution in [-0.4, -0.2) is 37.5 Å². The van der Waals surface area contributed by atoms with Crippen LogP contribution in [-0.2, 0) is 9.59 Å². The lowest BCUT2D eigenvalue weighted by atomic mass is 10.0. The number of carbonyl (C=O) groups is 2. The highest BCUT2D eigenvalue weighted by molar-refractivity contribution is 5.86. The van der Waals surface area contributed by atoms with Gasteiger partial charge < -0.3 is 9.47 Å². The lowest BCUT2D eigenvalue weighted by molar-refractivity contribution is -0.123. The van der Waals surface area contributed by atoms with Gasteiger partial charge in [-0.2, -0.15) is 10.2 Å². The van der Waals surface area contributed by atoms with Crippen LogP contribution in [0.1, 0.15) is 61.8 Å². The van der Waals surface area contributed by atoms with Gasteiger partial charge in [-0.15, -0.1) is 0 Å². The van der Waals surface area contributed by atoms with Crippen molar-refractivity contribution in [1.82, 2.24) is 10.9 Å². The normalized spacial score (nSPS) is 11.3. The Hall–Kier alpha value is -4.46.